The minimum absolute atomic E-state index is 0.0340. The van der Waals surface area contributed by atoms with Gasteiger partial charge < -0.3 is 19.4 Å². The monoisotopic (exact) mass is 397 g/mol. The highest BCUT2D eigenvalue weighted by atomic mass is 35.5. The second kappa shape index (κ2) is 8.75. The van der Waals surface area contributed by atoms with E-state index in [0.29, 0.717) is 62.5 Å². The van der Waals surface area contributed by atoms with E-state index in [2.05, 4.69) is 0 Å². The van der Waals surface area contributed by atoms with E-state index in [0.717, 1.165) is 5.56 Å². The molecule has 140 valence electrons. The number of amides is 3. The van der Waals surface area contributed by atoms with Gasteiger partial charge >= 0.3 is 6.03 Å². The van der Waals surface area contributed by atoms with Crippen molar-refractivity contribution in [3.63, 3.8) is 0 Å². The highest BCUT2D eigenvalue weighted by Gasteiger charge is 2.27. The van der Waals surface area contributed by atoms with Crippen molar-refractivity contribution in [2.45, 2.75) is 0 Å². The van der Waals surface area contributed by atoms with Crippen LogP contribution in [0.5, 0.6) is 0 Å². The molecule has 0 spiro atoms. The number of piperazine rings is 1. The van der Waals surface area contributed by atoms with Gasteiger partial charge in [0.15, 0.2) is 0 Å². The van der Waals surface area contributed by atoms with Gasteiger partial charge in [-0.2, -0.15) is 0 Å². The van der Waals surface area contributed by atoms with E-state index in [-0.39, 0.29) is 11.9 Å². The standard InChI is InChI=1S/C18H21Cl2N3O3/c19-15-3-1-14(13-16(15)20)2-4-17(24)21-5-7-22(8-6-21)18(25)23-9-11-26-12-10-23/h1-4,13H,5-12H2/b4-2+. The van der Waals surface area contributed by atoms with Crippen LogP contribution in [0, 0.1) is 0 Å². The molecule has 1 aromatic carbocycles. The Morgan fingerprint density at radius 2 is 1.50 bits per heavy atom. The molecule has 8 heteroatoms. The number of benzene rings is 1. The maximum atomic E-state index is 12.5. The molecule has 2 aliphatic heterocycles. The number of ether oxygens (including phenoxy) is 1. The van der Waals surface area contributed by atoms with E-state index in [9.17, 15) is 9.59 Å². The van der Waals surface area contributed by atoms with Crippen LogP contribution in [0.4, 0.5) is 4.79 Å². The van der Waals surface area contributed by atoms with Gasteiger partial charge in [-0.3, -0.25) is 4.79 Å². The van der Waals surface area contributed by atoms with Gasteiger partial charge in [0, 0.05) is 45.3 Å². The minimum atomic E-state index is -0.0745. The van der Waals surface area contributed by atoms with Gasteiger partial charge in [-0.15, -0.1) is 0 Å². The van der Waals surface area contributed by atoms with Crippen LogP contribution in [-0.4, -0.2) is 79.1 Å². The summed E-state index contributed by atoms with van der Waals surface area (Å²) in [5.41, 5.74) is 0.814. The Hall–Kier alpha value is -1.76. The van der Waals surface area contributed by atoms with Crippen molar-refractivity contribution in [1.82, 2.24) is 14.7 Å². The first kappa shape index (κ1) is 19.0. The van der Waals surface area contributed by atoms with Crippen molar-refractivity contribution in [3.05, 3.63) is 39.9 Å². The number of nitrogens with zero attached hydrogens (tertiary/aromatic N) is 3. The van der Waals surface area contributed by atoms with Crippen LogP contribution in [0.3, 0.4) is 0 Å². The summed E-state index contributed by atoms with van der Waals surface area (Å²) in [5, 5.41) is 0.938. The summed E-state index contributed by atoms with van der Waals surface area (Å²) < 4.78 is 5.27. The second-order valence-electron chi connectivity index (χ2n) is 6.20. The molecule has 0 saturated carbocycles. The van der Waals surface area contributed by atoms with Gasteiger partial charge in [0.05, 0.1) is 23.3 Å². The van der Waals surface area contributed by atoms with E-state index in [1.807, 2.05) is 4.90 Å². The van der Waals surface area contributed by atoms with Gasteiger partial charge in [0.2, 0.25) is 5.91 Å². The third kappa shape index (κ3) is 4.69. The lowest BCUT2D eigenvalue weighted by molar-refractivity contribution is -0.127. The lowest BCUT2D eigenvalue weighted by Crippen LogP contribution is -2.55. The van der Waals surface area contributed by atoms with E-state index in [1.54, 1.807) is 34.1 Å². The number of hydrogen-bond acceptors (Lipinski definition) is 3. The average Bonchev–Trinajstić information content (AvgIpc) is 2.69. The molecule has 1 aromatic rings. The van der Waals surface area contributed by atoms with E-state index < -0.39 is 0 Å². The molecule has 0 aliphatic carbocycles. The number of urea groups is 1. The second-order valence-corrected chi connectivity index (χ2v) is 7.02. The smallest absolute Gasteiger partial charge is 0.320 e. The summed E-state index contributed by atoms with van der Waals surface area (Å²) in [7, 11) is 0. The number of rotatable bonds is 2. The van der Waals surface area contributed by atoms with E-state index in [1.165, 1.54) is 6.08 Å². The summed E-state index contributed by atoms with van der Waals surface area (Å²) >= 11 is 11.9. The first-order chi connectivity index (χ1) is 12.5. The van der Waals surface area contributed by atoms with Gasteiger partial charge in [0.25, 0.3) is 0 Å². The zero-order valence-electron chi connectivity index (χ0n) is 14.4. The molecule has 2 fully saturated rings. The third-order valence-electron chi connectivity index (χ3n) is 4.51. The lowest BCUT2D eigenvalue weighted by Gasteiger charge is -2.38. The third-order valence-corrected chi connectivity index (χ3v) is 5.24. The zero-order chi connectivity index (χ0) is 18.5. The Morgan fingerprint density at radius 1 is 0.885 bits per heavy atom. The average molecular weight is 398 g/mol. The molecular weight excluding hydrogens is 377 g/mol. The summed E-state index contributed by atoms with van der Waals surface area (Å²) in [6.45, 7) is 4.58. The van der Waals surface area contributed by atoms with E-state index >= 15 is 0 Å². The molecule has 0 unspecified atom stereocenters. The molecule has 3 rings (SSSR count). The SMILES string of the molecule is O=C(/C=C/c1ccc(Cl)c(Cl)c1)N1CCN(C(=O)N2CCOCC2)CC1. The molecule has 2 heterocycles. The van der Waals surface area contributed by atoms with Crippen molar-refractivity contribution < 1.29 is 14.3 Å². The van der Waals surface area contributed by atoms with Crippen LogP contribution in [0.1, 0.15) is 5.56 Å². The normalized spacial score (nSPS) is 18.5. The maximum absolute atomic E-state index is 12.5. The highest BCUT2D eigenvalue weighted by molar-refractivity contribution is 6.42. The Kier molecular flexibility index (Phi) is 6.40. The molecule has 3 amide bonds. The van der Waals surface area contributed by atoms with Crippen molar-refractivity contribution in [3.8, 4) is 0 Å². The number of halogens is 2. The van der Waals surface area contributed by atoms with Crippen LogP contribution in [0.2, 0.25) is 10.0 Å². The highest BCUT2D eigenvalue weighted by Crippen LogP contribution is 2.23. The molecule has 2 aliphatic rings. The maximum Gasteiger partial charge on any atom is 0.320 e. The quantitative estimate of drug-likeness (QED) is 0.720. The molecule has 26 heavy (non-hydrogen) atoms. The first-order valence-electron chi connectivity index (χ1n) is 8.58. The Labute approximate surface area is 162 Å². The summed E-state index contributed by atoms with van der Waals surface area (Å²) in [4.78, 5) is 30.2. The number of morpholine rings is 1. The van der Waals surface area contributed by atoms with Crippen LogP contribution in [-0.2, 0) is 9.53 Å². The lowest BCUT2D eigenvalue weighted by atomic mass is 10.2. The zero-order valence-corrected chi connectivity index (χ0v) is 15.9. The number of hydrogen-bond donors (Lipinski definition) is 0. The minimum Gasteiger partial charge on any atom is -0.378 e. The number of carbonyl (C=O) groups excluding carboxylic acids is 2. The predicted molar refractivity (Wildman–Crippen MR) is 101 cm³/mol. The van der Waals surface area contributed by atoms with Crippen molar-refractivity contribution in [2.75, 3.05) is 52.5 Å². The van der Waals surface area contributed by atoms with Gasteiger partial charge in [-0.25, -0.2) is 4.79 Å². The van der Waals surface area contributed by atoms with Crippen LogP contribution < -0.4 is 0 Å². The van der Waals surface area contributed by atoms with E-state index in [4.69, 9.17) is 27.9 Å². The van der Waals surface area contributed by atoms with Crippen LogP contribution >= 0.6 is 23.2 Å². The van der Waals surface area contributed by atoms with Crippen molar-refractivity contribution >= 4 is 41.2 Å². The van der Waals surface area contributed by atoms with Gasteiger partial charge in [-0.1, -0.05) is 29.3 Å². The fourth-order valence-electron chi connectivity index (χ4n) is 2.96. The molecule has 6 nitrogen and oxygen atoms in total. The molecular formula is C18H21Cl2N3O3. The predicted octanol–water partition coefficient (Wildman–Crippen LogP) is 2.60. The van der Waals surface area contributed by atoms with Crippen molar-refractivity contribution in [1.29, 1.82) is 0 Å². The fraction of sp³-hybridized carbons (Fsp3) is 0.444. The Bertz CT molecular complexity index is 697. The van der Waals surface area contributed by atoms with Crippen molar-refractivity contribution in [2.24, 2.45) is 0 Å². The summed E-state index contributed by atoms with van der Waals surface area (Å²) in [5.74, 6) is -0.0745. The van der Waals surface area contributed by atoms with Crippen LogP contribution in [0.15, 0.2) is 24.3 Å². The molecule has 0 atom stereocenters. The van der Waals surface area contributed by atoms with Gasteiger partial charge in [-0.05, 0) is 23.8 Å². The molecule has 0 aromatic heterocycles. The topological polar surface area (TPSA) is 53.1 Å². The van der Waals surface area contributed by atoms with Gasteiger partial charge in [0.1, 0.15) is 0 Å². The molecule has 2 saturated heterocycles. The molecule has 0 bridgehead atoms. The molecule has 0 N–H and O–H groups in total. The Balaban J connectivity index is 1.50. The fourth-order valence-corrected chi connectivity index (χ4v) is 3.27. The summed E-state index contributed by atoms with van der Waals surface area (Å²) in [6, 6.07) is 5.25. The summed E-state index contributed by atoms with van der Waals surface area (Å²) in [6.07, 6.45) is 3.24. The van der Waals surface area contributed by atoms with Crippen LogP contribution in [0.25, 0.3) is 6.08 Å². The Morgan fingerprint density at radius 3 is 2.15 bits per heavy atom. The molecule has 0 radical (unpaired) electrons. The number of carbonyl (C=O) groups is 2. The first-order valence-corrected chi connectivity index (χ1v) is 9.34. The largest absolute Gasteiger partial charge is 0.378 e.